The molecule has 0 aliphatic rings. The molecule has 20 heavy (non-hydrogen) atoms. The van der Waals surface area contributed by atoms with Crippen LogP contribution in [0.25, 0.3) is 0 Å². The van der Waals surface area contributed by atoms with Crippen LogP contribution in [0.1, 0.15) is 52.0 Å². The van der Waals surface area contributed by atoms with E-state index < -0.39 is 0 Å². The van der Waals surface area contributed by atoms with E-state index in [0.29, 0.717) is 5.78 Å². The lowest BCUT2D eigenvalue weighted by Gasteiger charge is -2.30. The summed E-state index contributed by atoms with van der Waals surface area (Å²) in [7, 11) is 0. The highest BCUT2D eigenvalue weighted by Gasteiger charge is 2.22. The second kappa shape index (κ2) is 9.71. The predicted octanol–water partition coefficient (Wildman–Crippen LogP) is 4.09. The van der Waals surface area contributed by atoms with Gasteiger partial charge in [0, 0.05) is 0 Å². The van der Waals surface area contributed by atoms with Crippen molar-refractivity contribution in [2.45, 2.75) is 58.9 Å². The topological polar surface area (TPSA) is 20.3 Å². The molecule has 0 amide bonds. The minimum atomic E-state index is 0.0375. The molecule has 112 valence electrons. The highest BCUT2D eigenvalue weighted by molar-refractivity contribution is 5.81. The summed E-state index contributed by atoms with van der Waals surface area (Å²) >= 11 is 0. The Morgan fingerprint density at radius 1 is 1.05 bits per heavy atom. The first-order chi connectivity index (χ1) is 9.69. The van der Waals surface area contributed by atoms with Crippen molar-refractivity contribution in [3.63, 3.8) is 0 Å². The number of benzene rings is 1. The fourth-order valence-corrected chi connectivity index (χ4v) is 2.51. The fourth-order valence-electron chi connectivity index (χ4n) is 2.51. The molecule has 0 saturated carbocycles. The number of Topliss-reactive ketones (excluding diaryl/α,β-unsaturated/α-hetero) is 1. The second-order valence-electron chi connectivity index (χ2n) is 5.56. The van der Waals surface area contributed by atoms with Crippen LogP contribution in [0.4, 0.5) is 0 Å². The summed E-state index contributed by atoms with van der Waals surface area (Å²) < 4.78 is 0. The number of nitrogens with zero attached hydrogens (tertiary/aromatic N) is 1. The molecule has 0 spiro atoms. The molecule has 1 aromatic rings. The lowest BCUT2D eigenvalue weighted by molar-refractivity contribution is -0.122. The summed E-state index contributed by atoms with van der Waals surface area (Å²) in [4.78, 5) is 14.5. The van der Waals surface area contributed by atoms with Crippen LogP contribution < -0.4 is 0 Å². The normalized spacial score (nSPS) is 12.6. The van der Waals surface area contributed by atoms with Gasteiger partial charge < -0.3 is 0 Å². The first kappa shape index (κ1) is 16.9. The van der Waals surface area contributed by atoms with Gasteiger partial charge in [0.15, 0.2) is 0 Å². The van der Waals surface area contributed by atoms with Gasteiger partial charge in [-0.1, -0.05) is 57.0 Å². The van der Waals surface area contributed by atoms with Crippen LogP contribution >= 0.6 is 0 Å². The SMILES string of the molecule is CCCCN(CCCC)C(Cc1ccccc1)C(C)=O. The van der Waals surface area contributed by atoms with Crippen molar-refractivity contribution < 1.29 is 4.79 Å². The molecular weight excluding hydrogens is 246 g/mol. The molecule has 1 rings (SSSR count). The lowest BCUT2D eigenvalue weighted by Crippen LogP contribution is -2.43. The maximum absolute atomic E-state index is 12.1. The molecule has 0 radical (unpaired) electrons. The van der Waals surface area contributed by atoms with E-state index >= 15 is 0 Å². The van der Waals surface area contributed by atoms with E-state index in [0.717, 1.165) is 19.5 Å². The summed E-state index contributed by atoms with van der Waals surface area (Å²) in [5, 5.41) is 0. The van der Waals surface area contributed by atoms with E-state index in [4.69, 9.17) is 0 Å². The number of hydrogen-bond acceptors (Lipinski definition) is 2. The van der Waals surface area contributed by atoms with Gasteiger partial charge in [0.25, 0.3) is 0 Å². The summed E-state index contributed by atoms with van der Waals surface area (Å²) in [6, 6.07) is 10.4. The Labute approximate surface area is 124 Å². The first-order valence-corrected chi connectivity index (χ1v) is 7.97. The van der Waals surface area contributed by atoms with Crippen molar-refractivity contribution >= 4 is 5.78 Å². The quantitative estimate of drug-likeness (QED) is 0.641. The zero-order chi connectivity index (χ0) is 14.8. The van der Waals surface area contributed by atoms with Crippen LogP contribution in [-0.2, 0) is 11.2 Å². The van der Waals surface area contributed by atoms with E-state index in [1.807, 2.05) is 6.07 Å². The third-order valence-electron chi connectivity index (χ3n) is 3.78. The zero-order valence-corrected chi connectivity index (χ0v) is 13.3. The van der Waals surface area contributed by atoms with Gasteiger partial charge in [-0.05, 0) is 44.8 Å². The van der Waals surface area contributed by atoms with Crippen LogP contribution in [0.3, 0.4) is 0 Å². The molecule has 1 aromatic carbocycles. The maximum Gasteiger partial charge on any atom is 0.147 e. The Kier molecular flexibility index (Phi) is 8.20. The molecule has 0 fully saturated rings. The van der Waals surface area contributed by atoms with Crippen LogP contribution in [0.5, 0.6) is 0 Å². The Bertz CT molecular complexity index is 366. The molecule has 1 unspecified atom stereocenters. The number of carbonyl (C=O) groups is 1. The lowest BCUT2D eigenvalue weighted by atomic mass is 10.0. The summed E-state index contributed by atoms with van der Waals surface area (Å²) in [6.45, 7) is 8.22. The van der Waals surface area contributed by atoms with Crippen LogP contribution in [-0.4, -0.2) is 29.8 Å². The molecule has 0 aromatic heterocycles. The molecule has 2 nitrogen and oxygen atoms in total. The molecule has 0 heterocycles. The van der Waals surface area contributed by atoms with Crippen molar-refractivity contribution in [3.8, 4) is 0 Å². The standard InChI is InChI=1S/C18H29NO/c1-4-6-13-19(14-7-5-2)18(16(3)20)15-17-11-9-8-10-12-17/h8-12,18H,4-7,13-15H2,1-3H3. The molecule has 1 atom stereocenters. The minimum absolute atomic E-state index is 0.0375. The van der Waals surface area contributed by atoms with Crippen molar-refractivity contribution in [3.05, 3.63) is 35.9 Å². The largest absolute Gasteiger partial charge is 0.298 e. The van der Waals surface area contributed by atoms with Gasteiger partial charge >= 0.3 is 0 Å². The van der Waals surface area contributed by atoms with Crippen LogP contribution in [0, 0.1) is 0 Å². The third-order valence-corrected chi connectivity index (χ3v) is 3.78. The Morgan fingerprint density at radius 2 is 1.60 bits per heavy atom. The average molecular weight is 275 g/mol. The van der Waals surface area contributed by atoms with E-state index in [-0.39, 0.29) is 6.04 Å². The molecule has 2 heteroatoms. The van der Waals surface area contributed by atoms with Crippen molar-refractivity contribution in [1.82, 2.24) is 4.90 Å². The molecule has 0 aliphatic heterocycles. The van der Waals surface area contributed by atoms with E-state index in [9.17, 15) is 4.79 Å². The van der Waals surface area contributed by atoms with Gasteiger partial charge in [-0.2, -0.15) is 0 Å². The molecular formula is C18H29NO. The Morgan fingerprint density at radius 3 is 2.05 bits per heavy atom. The van der Waals surface area contributed by atoms with Gasteiger partial charge in [-0.3, -0.25) is 9.69 Å². The van der Waals surface area contributed by atoms with Gasteiger partial charge in [0.1, 0.15) is 5.78 Å². The Balaban J connectivity index is 2.75. The average Bonchev–Trinajstić information content (AvgIpc) is 2.46. The fraction of sp³-hybridized carbons (Fsp3) is 0.611. The number of hydrogen-bond donors (Lipinski definition) is 0. The van der Waals surface area contributed by atoms with E-state index in [1.165, 1.54) is 31.2 Å². The van der Waals surface area contributed by atoms with Gasteiger partial charge in [0.2, 0.25) is 0 Å². The summed E-state index contributed by atoms with van der Waals surface area (Å²) in [5.41, 5.74) is 1.26. The van der Waals surface area contributed by atoms with E-state index in [1.54, 1.807) is 6.92 Å². The number of unbranched alkanes of at least 4 members (excludes halogenated alkanes) is 2. The second-order valence-corrected chi connectivity index (χ2v) is 5.56. The smallest absolute Gasteiger partial charge is 0.147 e. The van der Waals surface area contributed by atoms with Crippen molar-refractivity contribution in [2.24, 2.45) is 0 Å². The van der Waals surface area contributed by atoms with Crippen LogP contribution in [0.2, 0.25) is 0 Å². The highest BCUT2D eigenvalue weighted by atomic mass is 16.1. The van der Waals surface area contributed by atoms with Crippen LogP contribution in [0.15, 0.2) is 30.3 Å². The molecule has 0 saturated heterocycles. The molecule has 0 aliphatic carbocycles. The zero-order valence-electron chi connectivity index (χ0n) is 13.3. The number of rotatable bonds is 10. The van der Waals surface area contributed by atoms with Gasteiger partial charge in [-0.25, -0.2) is 0 Å². The maximum atomic E-state index is 12.1. The summed E-state index contributed by atoms with van der Waals surface area (Å²) in [6.07, 6.45) is 5.53. The van der Waals surface area contributed by atoms with Gasteiger partial charge in [-0.15, -0.1) is 0 Å². The predicted molar refractivity (Wildman–Crippen MR) is 86.0 cm³/mol. The van der Waals surface area contributed by atoms with Crippen molar-refractivity contribution in [2.75, 3.05) is 13.1 Å². The van der Waals surface area contributed by atoms with Crippen molar-refractivity contribution in [1.29, 1.82) is 0 Å². The monoisotopic (exact) mass is 275 g/mol. The first-order valence-electron chi connectivity index (χ1n) is 7.97. The molecule has 0 bridgehead atoms. The number of carbonyl (C=O) groups excluding carboxylic acids is 1. The van der Waals surface area contributed by atoms with E-state index in [2.05, 4.69) is 43.0 Å². The summed E-state index contributed by atoms with van der Waals surface area (Å²) in [5.74, 6) is 0.293. The highest BCUT2D eigenvalue weighted by Crippen LogP contribution is 2.12. The minimum Gasteiger partial charge on any atom is -0.298 e. The van der Waals surface area contributed by atoms with Gasteiger partial charge in [0.05, 0.1) is 6.04 Å². The third kappa shape index (κ3) is 5.87. The number of ketones is 1. The molecule has 0 N–H and O–H groups in total. The Hall–Kier alpha value is -1.15.